The van der Waals surface area contributed by atoms with E-state index in [-0.39, 0.29) is 30.3 Å². The highest BCUT2D eigenvalue weighted by Crippen LogP contribution is 2.25. The lowest BCUT2D eigenvalue weighted by Gasteiger charge is -2.11. The summed E-state index contributed by atoms with van der Waals surface area (Å²) >= 11 is 0. The van der Waals surface area contributed by atoms with Gasteiger partial charge in [-0.15, -0.1) is 12.4 Å². The predicted octanol–water partition coefficient (Wildman–Crippen LogP) is 1.27. The van der Waals surface area contributed by atoms with E-state index in [4.69, 9.17) is 11.5 Å². The third kappa shape index (κ3) is 3.94. The fourth-order valence-electron chi connectivity index (χ4n) is 2.25. The van der Waals surface area contributed by atoms with Crippen LogP contribution in [0.5, 0.6) is 0 Å². The van der Waals surface area contributed by atoms with Crippen molar-refractivity contribution in [3.63, 3.8) is 0 Å². The van der Waals surface area contributed by atoms with Crippen molar-refractivity contribution in [1.82, 2.24) is 0 Å². The zero-order valence-electron chi connectivity index (χ0n) is 10.5. The van der Waals surface area contributed by atoms with Gasteiger partial charge in [0.2, 0.25) is 11.8 Å². The molecule has 2 amide bonds. The smallest absolute Gasteiger partial charge is 0.248 e. The lowest BCUT2D eigenvalue weighted by molar-refractivity contribution is -0.119. The summed E-state index contributed by atoms with van der Waals surface area (Å²) < 4.78 is 0. The van der Waals surface area contributed by atoms with Crippen LogP contribution in [-0.4, -0.2) is 17.9 Å². The van der Waals surface area contributed by atoms with E-state index in [1.165, 1.54) is 0 Å². The van der Waals surface area contributed by atoms with E-state index in [1.807, 2.05) is 0 Å². The average Bonchev–Trinajstić information content (AvgIpc) is 2.76. The van der Waals surface area contributed by atoms with Crippen molar-refractivity contribution < 1.29 is 9.59 Å². The Kier molecular flexibility index (Phi) is 5.32. The number of hydrogen-bond donors (Lipinski definition) is 3. The number of nitrogens with one attached hydrogen (secondary N) is 1. The second kappa shape index (κ2) is 6.54. The molecule has 5 nitrogen and oxygen atoms in total. The number of carbonyl (C=O) groups excluding carboxylic acids is 2. The summed E-state index contributed by atoms with van der Waals surface area (Å²) in [6.07, 6.45) is 2.43. The van der Waals surface area contributed by atoms with Gasteiger partial charge in [0.25, 0.3) is 0 Å². The zero-order valence-corrected chi connectivity index (χ0v) is 11.3. The van der Waals surface area contributed by atoms with Gasteiger partial charge in [-0.3, -0.25) is 9.59 Å². The Morgan fingerprint density at radius 3 is 2.58 bits per heavy atom. The number of carbonyl (C=O) groups is 2. The lowest BCUT2D eigenvalue weighted by atomic mass is 10.1. The van der Waals surface area contributed by atoms with Gasteiger partial charge in [-0.2, -0.15) is 0 Å². The maximum atomic E-state index is 12.0. The topological polar surface area (TPSA) is 98.2 Å². The van der Waals surface area contributed by atoms with Gasteiger partial charge in [-0.05, 0) is 37.5 Å². The second-order valence-corrected chi connectivity index (χ2v) is 4.70. The van der Waals surface area contributed by atoms with Crippen LogP contribution in [0.15, 0.2) is 24.3 Å². The van der Waals surface area contributed by atoms with Crippen LogP contribution in [0.25, 0.3) is 0 Å². The first-order chi connectivity index (χ1) is 8.56. The maximum absolute atomic E-state index is 12.0. The van der Waals surface area contributed by atoms with Crippen molar-refractivity contribution in [3.05, 3.63) is 29.8 Å². The van der Waals surface area contributed by atoms with Crippen LogP contribution in [0.1, 0.15) is 29.6 Å². The molecule has 1 saturated carbocycles. The largest absolute Gasteiger partial charge is 0.366 e. The van der Waals surface area contributed by atoms with Crippen LogP contribution in [0.3, 0.4) is 0 Å². The Bertz CT molecular complexity index is 479. The number of rotatable bonds is 3. The average molecular weight is 284 g/mol. The molecule has 104 valence electrons. The van der Waals surface area contributed by atoms with Crippen LogP contribution in [-0.2, 0) is 4.79 Å². The van der Waals surface area contributed by atoms with Crippen molar-refractivity contribution >= 4 is 29.9 Å². The van der Waals surface area contributed by atoms with E-state index in [0.717, 1.165) is 19.3 Å². The summed E-state index contributed by atoms with van der Waals surface area (Å²) in [5.41, 5.74) is 11.9. The summed E-state index contributed by atoms with van der Waals surface area (Å²) in [5, 5.41) is 2.80. The minimum absolute atomic E-state index is 0. The molecule has 0 saturated heterocycles. The molecule has 0 aromatic heterocycles. The highest BCUT2D eigenvalue weighted by molar-refractivity contribution is 5.97. The monoisotopic (exact) mass is 283 g/mol. The maximum Gasteiger partial charge on any atom is 0.248 e. The fraction of sp³-hybridized carbons (Fsp3) is 0.385. The van der Waals surface area contributed by atoms with Crippen LogP contribution < -0.4 is 16.8 Å². The molecule has 19 heavy (non-hydrogen) atoms. The van der Waals surface area contributed by atoms with Crippen molar-refractivity contribution in [2.75, 3.05) is 5.32 Å². The zero-order chi connectivity index (χ0) is 13.1. The minimum Gasteiger partial charge on any atom is -0.366 e. The van der Waals surface area contributed by atoms with Gasteiger partial charge in [-0.1, -0.05) is 6.07 Å². The summed E-state index contributed by atoms with van der Waals surface area (Å²) in [7, 11) is 0. The normalized spacial score (nSPS) is 21.5. The molecule has 2 unspecified atom stereocenters. The number of benzene rings is 1. The summed E-state index contributed by atoms with van der Waals surface area (Å²) in [6, 6.07) is 6.74. The molecule has 1 aromatic rings. The van der Waals surface area contributed by atoms with Crippen molar-refractivity contribution in [3.8, 4) is 0 Å². The molecule has 0 aliphatic heterocycles. The first-order valence-electron chi connectivity index (χ1n) is 6.02. The molecular weight excluding hydrogens is 266 g/mol. The number of halogens is 1. The molecule has 1 aromatic carbocycles. The Morgan fingerprint density at radius 1 is 1.26 bits per heavy atom. The highest BCUT2D eigenvalue weighted by Gasteiger charge is 2.27. The molecule has 6 heteroatoms. The van der Waals surface area contributed by atoms with Gasteiger partial charge in [0.05, 0.1) is 0 Å². The molecule has 0 spiro atoms. The molecule has 2 rings (SSSR count). The number of hydrogen-bond acceptors (Lipinski definition) is 3. The predicted molar refractivity (Wildman–Crippen MR) is 76.2 cm³/mol. The van der Waals surface area contributed by atoms with Gasteiger partial charge in [-0.25, -0.2) is 0 Å². The number of amides is 2. The van der Waals surface area contributed by atoms with Gasteiger partial charge < -0.3 is 16.8 Å². The number of nitrogens with two attached hydrogens (primary N) is 2. The van der Waals surface area contributed by atoms with Crippen LogP contribution in [0.2, 0.25) is 0 Å². The Labute approximate surface area is 118 Å². The SMILES string of the molecule is Cl.NC(=O)c1cccc(NC(=O)C2CCC(N)C2)c1. The van der Waals surface area contributed by atoms with Crippen molar-refractivity contribution in [2.24, 2.45) is 17.4 Å². The minimum atomic E-state index is -0.506. The Morgan fingerprint density at radius 2 is 2.00 bits per heavy atom. The van der Waals surface area contributed by atoms with Gasteiger partial charge in [0.15, 0.2) is 0 Å². The molecule has 0 radical (unpaired) electrons. The van der Waals surface area contributed by atoms with E-state index in [2.05, 4.69) is 5.32 Å². The van der Waals surface area contributed by atoms with E-state index < -0.39 is 5.91 Å². The third-order valence-electron chi connectivity index (χ3n) is 3.26. The first-order valence-corrected chi connectivity index (χ1v) is 6.02. The second-order valence-electron chi connectivity index (χ2n) is 4.70. The van der Waals surface area contributed by atoms with E-state index in [1.54, 1.807) is 24.3 Å². The van der Waals surface area contributed by atoms with E-state index in [9.17, 15) is 9.59 Å². The molecular formula is C13H18ClN3O2. The van der Waals surface area contributed by atoms with E-state index in [0.29, 0.717) is 11.3 Å². The molecule has 0 bridgehead atoms. The van der Waals surface area contributed by atoms with Gasteiger partial charge in [0, 0.05) is 23.2 Å². The van der Waals surface area contributed by atoms with E-state index >= 15 is 0 Å². The van der Waals surface area contributed by atoms with Crippen LogP contribution >= 0.6 is 12.4 Å². The molecule has 5 N–H and O–H groups in total. The Balaban J connectivity index is 0.00000180. The van der Waals surface area contributed by atoms with Crippen LogP contribution in [0.4, 0.5) is 5.69 Å². The molecule has 1 aliphatic rings. The Hall–Kier alpha value is -1.59. The van der Waals surface area contributed by atoms with Gasteiger partial charge >= 0.3 is 0 Å². The number of anilines is 1. The molecule has 0 heterocycles. The van der Waals surface area contributed by atoms with Crippen molar-refractivity contribution in [1.29, 1.82) is 0 Å². The lowest BCUT2D eigenvalue weighted by Crippen LogP contribution is -2.23. The highest BCUT2D eigenvalue weighted by atomic mass is 35.5. The first kappa shape index (κ1) is 15.5. The summed E-state index contributed by atoms with van der Waals surface area (Å²) in [6.45, 7) is 0. The quantitative estimate of drug-likeness (QED) is 0.779. The molecule has 2 atom stereocenters. The third-order valence-corrected chi connectivity index (χ3v) is 3.26. The standard InChI is InChI=1S/C13H17N3O2.ClH/c14-10-5-4-9(6-10)13(18)16-11-3-1-2-8(7-11)12(15)17;/h1-3,7,9-10H,4-6,14H2,(H2,15,17)(H,16,18);1H. The summed E-state index contributed by atoms with van der Waals surface area (Å²) in [4.78, 5) is 23.0. The van der Waals surface area contributed by atoms with Gasteiger partial charge in [0.1, 0.15) is 0 Å². The molecule has 1 aliphatic carbocycles. The van der Waals surface area contributed by atoms with Crippen molar-refractivity contribution in [2.45, 2.75) is 25.3 Å². The summed E-state index contributed by atoms with van der Waals surface area (Å²) in [5.74, 6) is -0.573. The molecule has 1 fully saturated rings. The van der Waals surface area contributed by atoms with Crippen LogP contribution in [0, 0.1) is 5.92 Å². The fourth-order valence-corrected chi connectivity index (χ4v) is 2.25. The number of primary amides is 1.